The Morgan fingerprint density at radius 3 is 2.83 bits per heavy atom. The van der Waals surface area contributed by atoms with Gasteiger partial charge < -0.3 is 14.6 Å². The van der Waals surface area contributed by atoms with Crippen LogP contribution in [0.25, 0.3) is 10.2 Å². The molecule has 0 radical (unpaired) electrons. The first-order chi connectivity index (χ1) is 11.8. The number of thiophene rings is 1. The van der Waals surface area contributed by atoms with Gasteiger partial charge in [-0.15, -0.1) is 11.3 Å². The number of nitrogens with one attached hydrogen (secondary N) is 1. The monoisotopic (exact) mass is 346 g/mol. The molecule has 1 saturated heterocycles. The third-order valence-corrected chi connectivity index (χ3v) is 6.29. The highest BCUT2D eigenvalue weighted by Gasteiger charge is 2.23. The number of hydrogen-bond acceptors (Lipinski definition) is 3. The van der Waals surface area contributed by atoms with E-state index in [0.29, 0.717) is 6.04 Å². The van der Waals surface area contributed by atoms with Crippen LogP contribution in [-0.4, -0.2) is 29.2 Å². The molecule has 2 aliphatic rings. The summed E-state index contributed by atoms with van der Waals surface area (Å²) in [5, 5.41) is 6.54. The van der Waals surface area contributed by atoms with E-state index < -0.39 is 0 Å². The molecular formula is C19H26N2O2S. The Bertz CT molecular complexity index is 693. The Kier molecular flexibility index (Phi) is 4.90. The van der Waals surface area contributed by atoms with Crippen LogP contribution in [0.5, 0.6) is 0 Å². The Morgan fingerprint density at radius 1 is 1.21 bits per heavy atom. The lowest BCUT2D eigenvalue weighted by atomic mass is 9.95. The molecule has 0 spiro atoms. The third-order valence-electron chi connectivity index (χ3n) is 5.34. The predicted octanol–water partition coefficient (Wildman–Crippen LogP) is 4.33. The van der Waals surface area contributed by atoms with Crippen LogP contribution in [0.3, 0.4) is 0 Å². The summed E-state index contributed by atoms with van der Waals surface area (Å²) >= 11 is 1.71. The van der Waals surface area contributed by atoms with Crippen molar-refractivity contribution < 1.29 is 9.53 Å². The summed E-state index contributed by atoms with van der Waals surface area (Å²) in [4.78, 5) is 14.1. The number of aromatic nitrogens is 1. The highest BCUT2D eigenvalue weighted by atomic mass is 32.1. The van der Waals surface area contributed by atoms with E-state index >= 15 is 0 Å². The van der Waals surface area contributed by atoms with Crippen molar-refractivity contribution >= 4 is 27.5 Å². The second kappa shape index (κ2) is 7.28. The fourth-order valence-corrected chi connectivity index (χ4v) is 4.91. The normalized spacial score (nSPS) is 22.8. The first-order valence-corrected chi connectivity index (χ1v) is 10.2. The van der Waals surface area contributed by atoms with Gasteiger partial charge in [-0.25, -0.2) is 0 Å². The Labute approximate surface area is 147 Å². The van der Waals surface area contributed by atoms with Crippen molar-refractivity contribution in [1.29, 1.82) is 0 Å². The van der Waals surface area contributed by atoms with Crippen molar-refractivity contribution in [2.75, 3.05) is 6.61 Å². The van der Waals surface area contributed by atoms with Gasteiger partial charge in [-0.2, -0.15) is 0 Å². The van der Waals surface area contributed by atoms with Crippen LogP contribution in [-0.2, 0) is 11.3 Å². The average Bonchev–Trinajstić information content (AvgIpc) is 3.19. The number of rotatable bonds is 4. The minimum absolute atomic E-state index is 0.0844. The molecule has 4 nitrogen and oxygen atoms in total. The maximum absolute atomic E-state index is 12.9. The van der Waals surface area contributed by atoms with Crippen molar-refractivity contribution in [2.45, 2.75) is 70.1 Å². The van der Waals surface area contributed by atoms with Gasteiger partial charge in [0.1, 0.15) is 10.5 Å². The lowest BCUT2D eigenvalue weighted by Gasteiger charge is -2.25. The van der Waals surface area contributed by atoms with Gasteiger partial charge in [0.05, 0.1) is 12.6 Å². The summed E-state index contributed by atoms with van der Waals surface area (Å²) in [5.41, 5.74) is 0.802. The summed E-state index contributed by atoms with van der Waals surface area (Å²) in [6.07, 6.45) is 9.71. The van der Waals surface area contributed by atoms with E-state index in [1.54, 1.807) is 11.3 Å². The lowest BCUT2D eigenvalue weighted by Crippen LogP contribution is -2.37. The molecule has 1 unspecified atom stereocenters. The molecule has 1 atom stereocenters. The molecule has 1 saturated carbocycles. The molecule has 1 aliphatic carbocycles. The number of amides is 1. The average molecular weight is 346 g/mol. The van der Waals surface area contributed by atoms with Crippen molar-refractivity contribution in [3.8, 4) is 0 Å². The van der Waals surface area contributed by atoms with Gasteiger partial charge in [-0.3, -0.25) is 4.79 Å². The Morgan fingerprint density at radius 2 is 2.04 bits per heavy atom. The molecule has 2 fully saturated rings. The van der Waals surface area contributed by atoms with Crippen molar-refractivity contribution in [3.05, 3.63) is 23.2 Å². The zero-order chi connectivity index (χ0) is 16.4. The van der Waals surface area contributed by atoms with Gasteiger partial charge in [0, 0.05) is 18.0 Å². The quantitative estimate of drug-likeness (QED) is 0.895. The molecule has 2 aromatic heterocycles. The summed E-state index contributed by atoms with van der Waals surface area (Å²) in [7, 11) is 0. The standard InChI is InChI=1S/C19H26N2O2S/c22-18(20-15-6-2-1-3-7-15)17-12-14-9-11-24-19(14)21(17)13-16-8-4-5-10-23-16/h9,11-12,15-16H,1-8,10,13H2,(H,20,22). The van der Waals surface area contributed by atoms with E-state index in [1.807, 2.05) is 6.07 Å². The minimum atomic E-state index is 0.0844. The third kappa shape index (κ3) is 3.38. The lowest BCUT2D eigenvalue weighted by molar-refractivity contribution is 0.00643. The number of carbonyl (C=O) groups is 1. The molecule has 1 N–H and O–H groups in total. The van der Waals surface area contributed by atoms with Crippen molar-refractivity contribution in [3.63, 3.8) is 0 Å². The van der Waals surface area contributed by atoms with E-state index in [4.69, 9.17) is 4.74 Å². The van der Waals surface area contributed by atoms with Gasteiger partial charge >= 0.3 is 0 Å². The molecular weight excluding hydrogens is 320 g/mol. The zero-order valence-corrected chi connectivity index (χ0v) is 14.9. The maximum Gasteiger partial charge on any atom is 0.268 e. The van der Waals surface area contributed by atoms with E-state index in [2.05, 4.69) is 21.3 Å². The van der Waals surface area contributed by atoms with E-state index in [-0.39, 0.29) is 12.0 Å². The number of nitrogens with zero attached hydrogens (tertiary/aromatic N) is 1. The van der Waals surface area contributed by atoms with E-state index in [0.717, 1.165) is 44.5 Å². The number of carbonyl (C=O) groups excluding carboxylic acids is 1. The van der Waals surface area contributed by atoms with Crippen LogP contribution in [0.15, 0.2) is 17.5 Å². The highest BCUT2D eigenvalue weighted by molar-refractivity contribution is 7.16. The molecule has 1 aliphatic heterocycles. The van der Waals surface area contributed by atoms with Crippen LogP contribution in [0.4, 0.5) is 0 Å². The summed E-state index contributed by atoms with van der Waals surface area (Å²) < 4.78 is 8.10. The topological polar surface area (TPSA) is 43.3 Å². The number of ether oxygens (including phenoxy) is 1. The van der Waals surface area contributed by atoms with Gasteiger partial charge in [-0.1, -0.05) is 19.3 Å². The molecule has 24 heavy (non-hydrogen) atoms. The predicted molar refractivity (Wildman–Crippen MR) is 97.7 cm³/mol. The molecule has 0 aromatic carbocycles. The molecule has 1 amide bonds. The van der Waals surface area contributed by atoms with Crippen LogP contribution in [0.1, 0.15) is 61.9 Å². The largest absolute Gasteiger partial charge is 0.376 e. The summed E-state index contributed by atoms with van der Waals surface area (Å²) in [6.45, 7) is 1.64. The summed E-state index contributed by atoms with van der Waals surface area (Å²) in [6, 6.07) is 4.50. The van der Waals surface area contributed by atoms with Gasteiger partial charge in [0.25, 0.3) is 5.91 Å². The maximum atomic E-state index is 12.9. The van der Waals surface area contributed by atoms with Crippen LogP contribution < -0.4 is 5.32 Å². The molecule has 0 bridgehead atoms. The Hall–Kier alpha value is -1.33. The fourth-order valence-electron chi connectivity index (χ4n) is 4.01. The molecule has 5 heteroatoms. The number of fused-ring (bicyclic) bond motifs is 1. The fraction of sp³-hybridized carbons (Fsp3) is 0.632. The Balaban J connectivity index is 1.55. The second-order valence-electron chi connectivity index (χ2n) is 7.12. The van der Waals surface area contributed by atoms with Crippen molar-refractivity contribution in [1.82, 2.24) is 9.88 Å². The molecule has 4 rings (SSSR count). The summed E-state index contributed by atoms with van der Waals surface area (Å²) in [5.74, 6) is 0.0844. The van der Waals surface area contributed by atoms with E-state index in [9.17, 15) is 4.79 Å². The minimum Gasteiger partial charge on any atom is -0.376 e. The molecule has 130 valence electrons. The first kappa shape index (κ1) is 16.2. The smallest absolute Gasteiger partial charge is 0.268 e. The molecule has 2 aromatic rings. The molecule has 3 heterocycles. The van der Waals surface area contributed by atoms with Gasteiger partial charge in [-0.05, 0) is 49.6 Å². The van der Waals surface area contributed by atoms with E-state index in [1.165, 1.54) is 35.9 Å². The van der Waals surface area contributed by atoms with Crippen LogP contribution in [0.2, 0.25) is 0 Å². The second-order valence-corrected chi connectivity index (χ2v) is 8.01. The first-order valence-electron chi connectivity index (χ1n) is 9.30. The zero-order valence-electron chi connectivity index (χ0n) is 14.1. The highest BCUT2D eigenvalue weighted by Crippen LogP contribution is 2.28. The van der Waals surface area contributed by atoms with Crippen molar-refractivity contribution in [2.24, 2.45) is 0 Å². The van der Waals surface area contributed by atoms with Crippen LogP contribution >= 0.6 is 11.3 Å². The van der Waals surface area contributed by atoms with Gasteiger partial charge in [0.15, 0.2) is 0 Å². The SMILES string of the molecule is O=C(NC1CCCCC1)c1cc2ccsc2n1CC1CCCCO1. The number of hydrogen-bond donors (Lipinski definition) is 1. The van der Waals surface area contributed by atoms with Crippen LogP contribution in [0, 0.1) is 0 Å². The van der Waals surface area contributed by atoms with Gasteiger partial charge in [0.2, 0.25) is 0 Å².